The molecule has 0 saturated heterocycles. The molecule has 1 aromatic heterocycles. The van der Waals surface area contributed by atoms with Gasteiger partial charge in [-0.1, -0.05) is 11.6 Å². The van der Waals surface area contributed by atoms with Crippen molar-refractivity contribution >= 4 is 44.6 Å². The standard InChI is InChI=1S/C12H8BrClFNOS/c13-6-1-12(18-5-6)11-4-16-9-2-7(14)8(15)3-10(9)17-11/h1-3,5,11,16H,4H2. The molecule has 1 N–H and O–H groups in total. The van der Waals surface area contributed by atoms with Crippen LogP contribution in [0.15, 0.2) is 28.1 Å². The van der Waals surface area contributed by atoms with Gasteiger partial charge in [-0.25, -0.2) is 4.39 Å². The summed E-state index contributed by atoms with van der Waals surface area (Å²) in [5.41, 5.74) is 0.730. The van der Waals surface area contributed by atoms with Gasteiger partial charge in [0.25, 0.3) is 0 Å². The molecule has 1 aromatic carbocycles. The highest BCUT2D eigenvalue weighted by atomic mass is 79.9. The van der Waals surface area contributed by atoms with Crippen LogP contribution in [0.5, 0.6) is 5.75 Å². The SMILES string of the molecule is Fc1cc2c(cc1Cl)NCC(c1cc(Br)cs1)O2. The number of thiophene rings is 1. The summed E-state index contributed by atoms with van der Waals surface area (Å²) >= 11 is 10.7. The Balaban J connectivity index is 1.91. The number of fused-ring (bicyclic) bond motifs is 1. The lowest BCUT2D eigenvalue weighted by Gasteiger charge is -2.26. The van der Waals surface area contributed by atoms with E-state index in [0.29, 0.717) is 12.3 Å². The van der Waals surface area contributed by atoms with E-state index in [1.54, 1.807) is 17.4 Å². The quantitative estimate of drug-likeness (QED) is 0.795. The van der Waals surface area contributed by atoms with Gasteiger partial charge in [0.2, 0.25) is 0 Å². The minimum atomic E-state index is -0.467. The van der Waals surface area contributed by atoms with Crippen molar-refractivity contribution in [1.29, 1.82) is 0 Å². The number of benzene rings is 1. The minimum Gasteiger partial charge on any atom is -0.481 e. The molecule has 6 heteroatoms. The van der Waals surface area contributed by atoms with Crippen LogP contribution in [0.1, 0.15) is 11.0 Å². The largest absolute Gasteiger partial charge is 0.481 e. The molecule has 0 radical (unpaired) electrons. The van der Waals surface area contributed by atoms with Crippen molar-refractivity contribution in [1.82, 2.24) is 0 Å². The summed E-state index contributed by atoms with van der Waals surface area (Å²) < 4.78 is 20.2. The van der Waals surface area contributed by atoms with E-state index in [-0.39, 0.29) is 11.1 Å². The lowest BCUT2D eigenvalue weighted by molar-refractivity contribution is 0.213. The van der Waals surface area contributed by atoms with Gasteiger partial charge in [-0.3, -0.25) is 0 Å². The molecule has 18 heavy (non-hydrogen) atoms. The van der Waals surface area contributed by atoms with Crippen LogP contribution in [0.4, 0.5) is 10.1 Å². The molecule has 1 aliphatic heterocycles. The maximum atomic E-state index is 13.4. The third-order valence-corrected chi connectivity index (χ3v) is 4.75. The Labute approximate surface area is 121 Å². The van der Waals surface area contributed by atoms with Gasteiger partial charge in [0.05, 0.1) is 17.3 Å². The summed E-state index contributed by atoms with van der Waals surface area (Å²) in [5.74, 6) is 0.0305. The van der Waals surface area contributed by atoms with Gasteiger partial charge < -0.3 is 10.1 Å². The Kier molecular flexibility index (Phi) is 3.21. The van der Waals surface area contributed by atoms with Crippen molar-refractivity contribution in [2.24, 2.45) is 0 Å². The van der Waals surface area contributed by atoms with Gasteiger partial charge in [0, 0.05) is 20.8 Å². The highest BCUT2D eigenvalue weighted by Crippen LogP contribution is 2.39. The van der Waals surface area contributed by atoms with E-state index < -0.39 is 5.82 Å². The van der Waals surface area contributed by atoms with Crippen molar-refractivity contribution < 1.29 is 9.13 Å². The molecule has 1 unspecified atom stereocenters. The highest BCUT2D eigenvalue weighted by Gasteiger charge is 2.23. The molecule has 0 bridgehead atoms. The predicted molar refractivity (Wildman–Crippen MR) is 75.3 cm³/mol. The predicted octanol–water partition coefficient (Wildman–Crippen LogP) is 4.85. The lowest BCUT2D eigenvalue weighted by Crippen LogP contribution is -2.22. The summed E-state index contributed by atoms with van der Waals surface area (Å²) in [4.78, 5) is 1.09. The smallest absolute Gasteiger partial charge is 0.150 e. The molecule has 1 atom stereocenters. The Hall–Kier alpha value is -0.780. The van der Waals surface area contributed by atoms with Gasteiger partial charge in [0.15, 0.2) is 6.10 Å². The Morgan fingerprint density at radius 1 is 1.44 bits per heavy atom. The first-order valence-electron chi connectivity index (χ1n) is 5.27. The first-order chi connectivity index (χ1) is 8.63. The van der Waals surface area contributed by atoms with Gasteiger partial charge in [0.1, 0.15) is 11.6 Å². The van der Waals surface area contributed by atoms with E-state index in [2.05, 4.69) is 21.2 Å². The first kappa shape index (κ1) is 12.3. The lowest BCUT2D eigenvalue weighted by atomic mass is 10.2. The van der Waals surface area contributed by atoms with Crippen LogP contribution in [0.3, 0.4) is 0 Å². The molecule has 0 saturated carbocycles. The number of rotatable bonds is 1. The molecule has 2 heterocycles. The van der Waals surface area contributed by atoms with E-state index in [1.807, 2.05) is 11.4 Å². The Morgan fingerprint density at radius 3 is 3.00 bits per heavy atom. The third-order valence-electron chi connectivity index (χ3n) is 2.67. The second-order valence-corrected chi connectivity index (χ2v) is 6.18. The summed E-state index contributed by atoms with van der Waals surface area (Å²) in [7, 11) is 0. The summed E-state index contributed by atoms with van der Waals surface area (Å²) in [6, 6.07) is 4.88. The molecule has 2 aromatic rings. The molecular formula is C12H8BrClFNOS. The van der Waals surface area contributed by atoms with E-state index >= 15 is 0 Å². The minimum absolute atomic E-state index is 0.0992. The molecule has 0 amide bonds. The number of anilines is 1. The highest BCUT2D eigenvalue weighted by molar-refractivity contribution is 9.10. The number of hydrogen-bond donors (Lipinski definition) is 1. The van der Waals surface area contributed by atoms with Crippen molar-refractivity contribution in [2.75, 3.05) is 11.9 Å². The van der Waals surface area contributed by atoms with E-state index in [1.165, 1.54) is 6.07 Å². The van der Waals surface area contributed by atoms with Crippen LogP contribution >= 0.6 is 38.9 Å². The summed E-state index contributed by atoms with van der Waals surface area (Å²) in [6.45, 7) is 0.641. The molecule has 1 aliphatic rings. The van der Waals surface area contributed by atoms with Crippen molar-refractivity contribution in [3.05, 3.63) is 43.8 Å². The first-order valence-corrected chi connectivity index (χ1v) is 7.32. The maximum absolute atomic E-state index is 13.4. The van der Waals surface area contributed by atoms with Crippen molar-refractivity contribution in [2.45, 2.75) is 6.10 Å². The van der Waals surface area contributed by atoms with E-state index in [0.717, 1.165) is 15.0 Å². The zero-order valence-corrected chi connectivity index (χ0v) is 12.2. The van der Waals surface area contributed by atoms with Crippen molar-refractivity contribution in [3.8, 4) is 5.75 Å². The molecule has 94 valence electrons. The molecule has 0 fully saturated rings. The van der Waals surface area contributed by atoms with Crippen LogP contribution in [-0.2, 0) is 0 Å². The molecule has 3 rings (SSSR count). The summed E-state index contributed by atoms with van der Waals surface area (Å²) in [5, 5.41) is 5.30. The fraction of sp³-hybridized carbons (Fsp3) is 0.167. The Bertz CT molecular complexity index is 604. The number of ether oxygens (including phenoxy) is 1. The average molecular weight is 349 g/mol. The van der Waals surface area contributed by atoms with E-state index in [4.69, 9.17) is 16.3 Å². The fourth-order valence-corrected chi connectivity index (χ4v) is 3.45. The number of halogens is 3. The second kappa shape index (κ2) is 4.72. The van der Waals surface area contributed by atoms with Crippen LogP contribution in [-0.4, -0.2) is 6.54 Å². The van der Waals surface area contributed by atoms with Gasteiger partial charge in [-0.2, -0.15) is 0 Å². The fourth-order valence-electron chi connectivity index (χ4n) is 1.82. The number of nitrogens with one attached hydrogen (secondary N) is 1. The van der Waals surface area contributed by atoms with Gasteiger partial charge >= 0.3 is 0 Å². The zero-order chi connectivity index (χ0) is 12.7. The van der Waals surface area contributed by atoms with Gasteiger partial charge in [-0.15, -0.1) is 11.3 Å². The molecule has 2 nitrogen and oxygen atoms in total. The second-order valence-electron chi connectivity index (χ2n) is 3.92. The van der Waals surface area contributed by atoms with Crippen LogP contribution in [0.2, 0.25) is 5.02 Å². The maximum Gasteiger partial charge on any atom is 0.150 e. The normalized spacial score (nSPS) is 17.8. The molecule has 0 aliphatic carbocycles. The third kappa shape index (κ3) is 2.22. The van der Waals surface area contributed by atoms with Gasteiger partial charge in [-0.05, 0) is 28.1 Å². The Morgan fingerprint density at radius 2 is 2.28 bits per heavy atom. The van der Waals surface area contributed by atoms with Crippen LogP contribution < -0.4 is 10.1 Å². The van der Waals surface area contributed by atoms with Crippen molar-refractivity contribution in [3.63, 3.8) is 0 Å². The van der Waals surface area contributed by atoms with Crippen LogP contribution in [0, 0.1) is 5.82 Å². The number of hydrogen-bond acceptors (Lipinski definition) is 3. The van der Waals surface area contributed by atoms with Crippen LogP contribution in [0.25, 0.3) is 0 Å². The van der Waals surface area contributed by atoms with E-state index in [9.17, 15) is 4.39 Å². The average Bonchev–Trinajstić information content (AvgIpc) is 2.77. The molecular weight excluding hydrogens is 341 g/mol. The molecule has 0 spiro atoms. The zero-order valence-electron chi connectivity index (χ0n) is 9.04. The topological polar surface area (TPSA) is 21.3 Å². The monoisotopic (exact) mass is 347 g/mol. The summed E-state index contributed by atoms with van der Waals surface area (Å²) in [6.07, 6.45) is -0.102.